The van der Waals surface area contributed by atoms with Crippen LogP contribution in [0.15, 0.2) is 60.7 Å². The zero-order valence-electron chi connectivity index (χ0n) is 15.2. The molecule has 0 fully saturated rings. The van der Waals surface area contributed by atoms with E-state index >= 15 is 0 Å². The Morgan fingerprint density at radius 2 is 1.59 bits per heavy atom. The molecule has 0 unspecified atom stereocenters. The van der Waals surface area contributed by atoms with Crippen molar-refractivity contribution in [2.24, 2.45) is 0 Å². The maximum absolute atomic E-state index is 12.9. The third-order valence-corrected chi connectivity index (χ3v) is 4.16. The number of hydrogen-bond acceptors (Lipinski definition) is 5. The van der Waals surface area contributed by atoms with Crippen molar-refractivity contribution in [1.82, 2.24) is 0 Å². The molecule has 0 heterocycles. The van der Waals surface area contributed by atoms with Gasteiger partial charge in [0.15, 0.2) is 0 Å². The predicted molar refractivity (Wildman–Crippen MR) is 108 cm³/mol. The van der Waals surface area contributed by atoms with Crippen LogP contribution in [0.4, 0.5) is 17.1 Å². The Labute approximate surface area is 157 Å². The number of rotatable bonds is 5. The molecule has 0 aliphatic rings. The summed E-state index contributed by atoms with van der Waals surface area (Å²) in [5.41, 5.74) is 15.2. The van der Waals surface area contributed by atoms with Crippen LogP contribution >= 0.6 is 0 Å². The molecule has 0 spiro atoms. The third kappa shape index (κ3) is 3.64. The molecule has 3 aromatic carbocycles. The Morgan fingerprint density at radius 3 is 2.19 bits per heavy atom. The van der Waals surface area contributed by atoms with Gasteiger partial charge >= 0.3 is 0 Å². The van der Waals surface area contributed by atoms with Crippen LogP contribution in [0.25, 0.3) is 11.1 Å². The standard InChI is InChI=1S/C21H21N3O3/c1-26-17-12-16(23)19(21(25)24-15-6-4-3-5-7-15)20(27-2)18(17)13-8-10-14(22)11-9-13/h3-12H,22-23H2,1-2H3,(H,24,25). The molecule has 138 valence electrons. The van der Waals surface area contributed by atoms with Gasteiger partial charge in [0.1, 0.15) is 17.1 Å². The normalized spacial score (nSPS) is 10.3. The van der Waals surface area contributed by atoms with Gasteiger partial charge in [-0.15, -0.1) is 0 Å². The highest BCUT2D eigenvalue weighted by Crippen LogP contribution is 2.44. The van der Waals surface area contributed by atoms with Crippen LogP contribution in [0.2, 0.25) is 0 Å². The van der Waals surface area contributed by atoms with Crippen molar-refractivity contribution in [3.63, 3.8) is 0 Å². The molecule has 0 aliphatic carbocycles. The van der Waals surface area contributed by atoms with E-state index in [2.05, 4.69) is 5.32 Å². The average Bonchev–Trinajstić information content (AvgIpc) is 2.68. The van der Waals surface area contributed by atoms with Gasteiger partial charge in [-0.3, -0.25) is 4.79 Å². The SMILES string of the molecule is COc1cc(N)c(C(=O)Nc2ccccc2)c(OC)c1-c1ccc(N)cc1. The number of nitrogen functional groups attached to an aromatic ring is 2. The molecule has 0 saturated carbocycles. The zero-order valence-corrected chi connectivity index (χ0v) is 15.2. The maximum Gasteiger partial charge on any atom is 0.261 e. The Kier molecular flexibility index (Phi) is 5.17. The fraction of sp³-hybridized carbons (Fsp3) is 0.0952. The second-order valence-electron chi connectivity index (χ2n) is 5.89. The summed E-state index contributed by atoms with van der Waals surface area (Å²) >= 11 is 0. The summed E-state index contributed by atoms with van der Waals surface area (Å²) in [5, 5.41) is 2.84. The molecule has 0 bridgehead atoms. The van der Waals surface area contributed by atoms with E-state index in [1.54, 1.807) is 37.4 Å². The first-order chi connectivity index (χ1) is 13.0. The summed E-state index contributed by atoms with van der Waals surface area (Å²) in [6, 6.07) is 18.0. The number of hydrogen-bond donors (Lipinski definition) is 3. The predicted octanol–water partition coefficient (Wildman–Crippen LogP) is 3.79. The van der Waals surface area contributed by atoms with Crippen LogP contribution in [0, 0.1) is 0 Å². The summed E-state index contributed by atoms with van der Waals surface area (Å²) < 4.78 is 11.1. The van der Waals surface area contributed by atoms with Crippen molar-refractivity contribution < 1.29 is 14.3 Å². The molecule has 1 amide bonds. The average molecular weight is 363 g/mol. The molecule has 27 heavy (non-hydrogen) atoms. The highest BCUT2D eigenvalue weighted by atomic mass is 16.5. The quantitative estimate of drug-likeness (QED) is 0.599. The van der Waals surface area contributed by atoms with Gasteiger partial charge in [0, 0.05) is 17.4 Å². The van der Waals surface area contributed by atoms with Gasteiger partial charge in [0.25, 0.3) is 5.91 Å². The minimum atomic E-state index is -0.366. The highest BCUT2D eigenvalue weighted by Gasteiger charge is 2.24. The maximum atomic E-state index is 12.9. The molecule has 0 aromatic heterocycles. The van der Waals surface area contributed by atoms with Gasteiger partial charge < -0.3 is 26.3 Å². The Hall–Kier alpha value is -3.67. The number of nitrogens with one attached hydrogen (secondary N) is 1. The molecule has 0 aliphatic heterocycles. The number of amides is 1. The van der Waals surface area contributed by atoms with E-state index in [0.717, 1.165) is 5.56 Å². The monoisotopic (exact) mass is 363 g/mol. The van der Waals surface area contributed by atoms with Gasteiger partial charge in [0.2, 0.25) is 0 Å². The molecular formula is C21H21N3O3. The fourth-order valence-electron chi connectivity index (χ4n) is 2.89. The van der Waals surface area contributed by atoms with Crippen LogP contribution in [-0.4, -0.2) is 20.1 Å². The molecule has 6 heteroatoms. The molecule has 5 N–H and O–H groups in total. The van der Waals surface area contributed by atoms with Crippen LogP contribution in [0.5, 0.6) is 11.5 Å². The first-order valence-corrected chi connectivity index (χ1v) is 8.32. The lowest BCUT2D eigenvalue weighted by Gasteiger charge is -2.19. The number of benzene rings is 3. The molecule has 0 saturated heterocycles. The van der Waals surface area contributed by atoms with Crippen LogP contribution < -0.4 is 26.3 Å². The minimum absolute atomic E-state index is 0.244. The first-order valence-electron chi connectivity index (χ1n) is 8.32. The molecule has 0 radical (unpaired) electrons. The summed E-state index contributed by atoms with van der Waals surface area (Å²) in [5.74, 6) is 0.477. The third-order valence-electron chi connectivity index (χ3n) is 4.16. The Balaban J connectivity index is 2.15. The van der Waals surface area contributed by atoms with E-state index in [4.69, 9.17) is 20.9 Å². The van der Waals surface area contributed by atoms with Crippen molar-refractivity contribution in [3.05, 3.63) is 66.2 Å². The minimum Gasteiger partial charge on any atom is -0.496 e. The van der Waals surface area contributed by atoms with E-state index in [9.17, 15) is 4.79 Å². The lowest BCUT2D eigenvalue weighted by molar-refractivity contribution is 0.102. The van der Waals surface area contributed by atoms with Gasteiger partial charge in [-0.2, -0.15) is 0 Å². The van der Waals surface area contributed by atoms with Crippen molar-refractivity contribution >= 4 is 23.0 Å². The van der Waals surface area contributed by atoms with E-state index in [-0.39, 0.29) is 17.2 Å². The van der Waals surface area contributed by atoms with Crippen molar-refractivity contribution in [3.8, 4) is 22.6 Å². The molecule has 0 atom stereocenters. The number of nitrogens with two attached hydrogens (primary N) is 2. The van der Waals surface area contributed by atoms with Gasteiger partial charge in [-0.1, -0.05) is 30.3 Å². The van der Waals surface area contributed by atoms with E-state index in [1.807, 2.05) is 30.3 Å². The summed E-state index contributed by atoms with van der Waals surface area (Å²) in [6.07, 6.45) is 0. The van der Waals surface area contributed by atoms with Gasteiger partial charge in [-0.25, -0.2) is 0 Å². The molecular weight excluding hydrogens is 342 g/mol. The Bertz CT molecular complexity index is 955. The van der Waals surface area contributed by atoms with E-state index in [0.29, 0.717) is 28.4 Å². The van der Waals surface area contributed by atoms with Gasteiger partial charge in [-0.05, 0) is 29.8 Å². The number of anilines is 3. The first kappa shape index (κ1) is 18.1. The van der Waals surface area contributed by atoms with Crippen molar-refractivity contribution in [1.29, 1.82) is 0 Å². The van der Waals surface area contributed by atoms with Crippen molar-refractivity contribution in [2.75, 3.05) is 31.0 Å². The second-order valence-corrected chi connectivity index (χ2v) is 5.89. The van der Waals surface area contributed by atoms with Gasteiger partial charge in [0.05, 0.1) is 25.5 Å². The van der Waals surface area contributed by atoms with Crippen molar-refractivity contribution in [2.45, 2.75) is 0 Å². The zero-order chi connectivity index (χ0) is 19.4. The second kappa shape index (κ2) is 7.70. The summed E-state index contributed by atoms with van der Waals surface area (Å²) in [4.78, 5) is 12.9. The smallest absolute Gasteiger partial charge is 0.261 e. The number of carbonyl (C=O) groups excluding carboxylic acids is 1. The number of para-hydroxylation sites is 1. The molecule has 3 rings (SSSR count). The van der Waals surface area contributed by atoms with Crippen LogP contribution in [-0.2, 0) is 0 Å². The molecule has 3 aromatic rings. The largest absolute Gasteiger partial charge is 0.496 e. The summed E-state index contributed by atoms with van der Waals surface area (Å²) in [6.45, 7) is 0. The highest BCUT2D eigenvalue weighted by molar-refractivity contribution is 6.12. The lowest BCUT2D eigenvalue weighted by Crippen LogP contribution is -2.16. The number of methoxy groups -OCH3 is 2. The van der Waals surface area contributed by atoms with E-state index in [1.165, 1.54) is 7.11 Å². The lowest BCUT2D eigenvalue weighted by atomic mass is 9.97. The van der Waals surface area contributed by atoms with Crippen LogP contribution in [0.3, 0.4) is 0 Å². The number of ether oxygens (including phenoxy) is 2. The van der Waals surface area contributed by atoms with E-state index < -0.39 is 0 Å². The topological polar surface area (TPSA) is 99.6 Å². The Morgan fingerprint density at radius 1 is 0.926 bits per heavy atom. The van der Waals surface area contributed by atoms with Crippen LogP contribution in [0.1, 0.15) is 10.4 Å². The molecule has 6 nitrogen and oxygen atoms in total. The number of carbonyl (C=O) groups is 1. The summed E-state index contributed by atoms with van der Waals surface area (Å²) in [7, 11) is 3.03. The fourth-order valence-corrected chi connectivity index (χ4v) is 2.89.